The van der Waals surface area contributed by atoms with Crippen LogP contribution in [0.4, 0.5) is 5.69 Å². The van der Waals surface area contributed by atoms with Gasteiger partial charge >= 0.3 is 0 Å². The fourth-order valence-electron chi connectivity index (χ4n) is 4.41. The molecule has 0 spiro atoms. The van der Waals surface area contributed by atoms with Crippen molar-refractivity contribution in [3.63, 3.8) is 0 Å². The highest BCUT2D eigenvalue weighted by Gasteiger charge is 2.45. The SMILES string of the molecule is c1ccc2c(c1)[C@@H]1CCC[C@H]3CCCN2[C@H]31. The summed E-state index contributed by atoms with van der Waals surface area (Å²) in [5.41, 5.74) is 3.21. The van der Waals surface area contributed by atoms with Gasteiger partial charge in [0.05, 0.1) is 0 Å². The van der Waals surface area contributed by atoms with E-state index in [2.05, 4.69) is 29.2 Å². The maximum absolute atomic E-state index is 2.73. The molecule has 0 amide bonds. The minimum Gasteiger partial charge on any atom is -0.367 e. The largest absolute Gasteiger partial charge is 0.367 e. The van der Waals surface area contributed by atoms with Crippen LogP contribution in [-0.2, 0) is 0 Å². The van der Waals surface area contributed by atoms with Gasteiger partial charge in [-0.2, -0.15) is 0 Å². The van der Waals surface area contributed by atoms with Gasteiger partial charge in [-0.15, -0.1) is 0 Å². The summed E-state index contributed by atoms with van der Waals surface area (Å²) in [5.74, 6) is 1.84. The number of anilines is 1. The molecule has 2 fully saturated rings. The minimum absolute atomic E-state index is 0.857. The normalized spacial score (nSPS) is 35.8. The lowest BCUT2D eigenvalue weighted by Gasteiger charge is -2.43. The van der Waals surface area contributed by atoms with E-state index in [1.807, 2.05) is 0 Å². The zero-order valence-electron chi connectivity index (χ0n) is 9.73. The molecule has 3 aliphatic rings. The first-order chi connectivity index (χ1) is 7.95. The summed E-state index contributed by atoms with van der Waals surface area (Å²) in [7, 11) is 0. The van der Waals surface area contributed by atoms with Crippen molar-refractivity contribution in [2.75, 3.05) is 11.4 Å². The van der Waals surface area contributed by atoms with Crippen molar-refractivity contribution in [1.29, 1.82) is 0 Å². The smallest absolute Gasteiger partial charge is 0.0405 e. The van der Waals surface area contributed by atoms with Crippen LogP contribution in [-0.4, -0.2) is 12.6 Å². The van der Waals surface area contributed by atoms with Crippen LogP contribution in [0.25, 0.3) is 0 Å². The van der Waals surface area contributed by atoms with Crippen molar-refractivity contribution in [3.05, 3.63) is 29.8 Å². The van der Waals surface area contributed by atoms with E-state index in [4.69, 9.17) is 0 Å². The van der Waals surface area contributed by atoms with Crippen LogP contribution in [0, 0.1) is 5.92 Å². The molecule has 0 unspecified atom stereocenters. The first kappa shape index (κ1) is 9.09. The highest BCUT2D eigenvalue weighted by Crippen LogP contribution is 2.52. The van der Waals surface area contributed by atoms with Gasteiger partial charge in [-0.3, -0.25) is 0 Å². The highest BCUT2D eigenvalue weighted by atomic mass is 15.2. The number of rotatable bonds is 0. The van der Waals surface area contributed by atoms with Crippen LogP contribution in [0.5, 0.6) is 0 Å². The molecule has 0 N–H and O–H groups in total. The van der Waals surface area contributed by atoms with Crippen LogP contribution >= 0.6 is 0 Å². The van der Waals surface area contributed by atoms with Crippen LogP contribution in [0.1, 0.15) is 43.6 Å². The van der Waals surface area contributed by atoms with Gasteiger partial charge in [0.2, 0.25) is 0 Å². The molecule has 0 bridgehead atoms. The van der Waals surface area contributed by atoms with Gasteiger partial charge in [-0.25, -0.2) is 0 Å². The van der Waals surface area contributed by atoms with Crippen molar-refractivity contribution in [3.8, 4) is 0 Å². The molecular weight excluding hydrogens is 194 g/mol. The van der Waals surface area contributed by atoms with Crippen molar-refractivity contribution in [1.82, 2.24) is 0 Å². The number of para-hydroxylation sites is 1. The van der Waals surface area contributed by atoms with E-state index in [0.29, 0.717) is 0 Å². The monoisotopic (exact) mass is 213 g/mol. The molecule has 1 nitrogen and oxygen atoms in total. The van der Waals surface area contributed by atoms with E-state index in [9.17, 15) is 0 Å². The molecule has 3 atom stereocenters. The first-order valence-electron chi connectivity index (χ1n) is 6.81. The zero-order chi connectivity index (χ0) is 10.5. The summed E-state index contributed by atoms with van der Waals surface area (Å²) < 4.78 is 0. The molecule has 1 saturated heterocycles. The van der Waals surface area contributed by atoms with E-state index in [-0.39, 0.29) is 0 Å². The summed E-state index contributed by atoms with van der Waals surface area (Å²) >= 11 is 0. The molecule has 1 aromatic carbocycles. The van der Waals surface area contributed by atoms with E-state index in [0.717, 1.165) is 17.9 Å². The topological polar surface area (TPSA) is 3.24 Å². The number of piperidine rings is 1. The third kappa shape index (κ3) is 1.07. The van der Waals surface area contributed by atoms with Crippen molar-refractivity contribution in [2.45, 2.75) is 44.1 Å². The first-order valence-corrected chi connectivity index (χ1v) is 6.81. The molecular formula is C15H19N. The molecule has 1 aromatic rings. The predicted molar refractivity (Wildman–Crippen MR) is 66.9 cm³/mol. The molecule has 1 saturated carbocycles. The summed E-state index contributed by atoms with van der Waals surface area (Å²) in [5, 5.41) is 0. The summed E-state index contributed by atoms with van der Waals surface area (Å²) in [6.07, 6.45) is 7.24. The lowest BCUT2D eigenvalue weighted by molar-refractivity contribution is 0.231. The molecule has 1 heteroatoms. The van der Waals surface area contributed by atoms with Crippen molar-refractivity contribution >= 4 is 5.69 Å². The van der Waals surface area contributed by atoms with Crippen molar-refractivity contribution < 1.29 is 0 Å². The second kappa shape index (κ2) is 3.26. The average molecular weight is 213 g/mol. The third-order valence-electron chi connectivity index (χ3n) is 4.96. The molecule has 1 aliphatic carbocycles. The molecule has 0 aromatic heterocycles. The van der Waals surface area contributed by atoms with Gasteiger partial charge in [-0.05, 0) is 43.2 Å². The molecule has 2 aliphatic heterocycles. The second-order valence-electron chi connectivity index (χ2n) is 5.68. The van der Waals surface area contributed by atoms with Crippen LogP contribution in [0.15, 0.2) is 24.3 Å². The Morgan fingerprint density at radius 2 is 1.88 bits per heavy atom. The van der Waals surface area contributed by atoms with Gasteiger partial charge < -0.3 is 4.90 Å². The molecule has 84 valence electrons. The number of nitrogens with zero attached hydrogens (tertiary/aromatic N) is 1. The lowest BCUT2D eigenvalue weighted by Crippen LogP contribution is -2.46. The van der Waals surface area contributed by atoms with Crippen molar-refractivity contribution in [2.24, 2.45) is 5.92 Å². The Kier molecular flexibility index (Phi) is 1.85. The number of hydrogen-bond acceptors (Lipinski definition) is 1. The predicted octanol–water partition coefficient (Wildman–Crippen LogP) is 3.55. The van der Waals surface area contributed by atoms with Gasteiger partial charge in [0.25, 0.3) is 0 Å². The number of hydrogen-bond donors (Lipinski definition) is 0. The maximum atomic E-state index is 2.73. The quantitative estimate of drug-likeness (QED) is 0.637. The molecule has 2 heterocycles. The number of benzene rings is 1. The Bertz CT molecular complexity index is 375. The fraction of sp³-hybridized carbons (Fsp3) is 0.600. The Hall–Kier alpha value is -0.980. The molecule has 4 rings (SSSR count). The molecule has 0 radical (unpaired) electrons. The minimum atomic E-state index is 0.857. The lowest BCUT2D eigenvalue weighted by atomic mass is 9.72. The maximum Gasteiger partial charge on any atom is 0.0405 e. The summed E-state index contributed by atoms with van der Waals surface area (Å²) in [4.78, 5) is 2.73. The standard InChI is InChI=1S/C15H19N/c1-2-9-14-12(7-1)13-8-3-5-11-6-4-10-16(14)15(11)13/h1-2,7,9,11,13,15H,3-6,8,10H2/t11-,13-,15+/m0/s1. The zero-order valence-corrected chi connectivity index (χ0v) is 9.73. The van der Waals surface area contributed by atoms with Gasteiger partial charge in [0, 0.05) is 24.2 Å². The van der Waals surface area contributed by atoms with E-state index in [1.54, 1.807) is 11.3 Å². The molecule has 16 heavy (non-hydrogen) atoms. The van der Waals surface area contributed by atoms with Gasteiger partial charge in [0.15, 0.2) is 0 Å². The van der Waals surface area contributed by atoms with Gasteiger partial charge in [0.1, 0.15) is 0 Å². The number of fused-ring (bicyclic) bond motifs is 3. The Labute approximate surface area is 97.5 Å². The Morgan fingerprint density at radius 3 is 2.88 bits per heavy atom. The highest BCUT2D eigenvalue weighted by molar-refractivity contribution is 5.62. The van der Waals surface area contributed by atoms with Crippen LogP contribution < -0.4 is 4.90 Å². The summed E-state index contributed by atoms with van der Waals surface area (Å²) in [6.45, 7) is 1.30. The Morgan fingerprint density at radius 1 is 1.00 bits per heavy atom. The third-order valence-corrected chi connectivity index (χ3v) is 4.96. The van der Waals surface area contributed by atoms with Gasteiger partial charge in [-0.1, -0.05) is 24.6 Å². The van der Waals surface area contributed by atoms with E-state index >= 15 is 0 Å². The second-order valence-corrected chi connectivity index (χ2v) is 5.68. The van der Waals surface area contributed by atoms with Crippen LogP contribution in [0.2, 0.25) is 0 Å². The average Bonchev–Trinajstić information content (AvgIpc) is 2.68. The van der Waals surface area contributed by atoms with Crippen LogP contribution in [0.3, 0.4) is 0 Å². The fourth-order valence-corrected chi connectivity index (χ4v) is 4.41. The summed E-state index contributed by atoms with van der Waals surface area (Å²) in [6, 6.07) is 10.0. The van der Waals surface area contributed by atoms with E-state index in [1.165, 1.54) is 38.6 Å². The van der Waals surface area contributed by atoms with E-state index < -0.39 is 0 Å². The Balaban J connectivity index is 1.85.